The Kier molecular flexibility index (Phi) is 3.26. The second-order valence-electron chi connectivity index (χ2n) is 2.69. The Morgan fingerprint density at radius 3 is 2.38 bits per heavy atom. The Morgan fingerprint density at radius 2 is 1.92 bits per heavy atom. The first-order valence-electron chi connectivity index (χ1n) is 4.05. The van der Waals surface area contributed by atoms with Crippen molar-refractivity contribution >= 4 is 11.5 Å². The molecule has 68 valence electrons. The highest BCUT2D eigenvalue weighted by Crippen LogP contribution is 2.13. The van der Waals surface area contributed by atoms with Gasteiger partial charge in [0.2, 0.25) is 0 Å². The number of allylic oxidation sites excluding steroid dienone is 1. The van der Waals surface area contributed by atoms with Gasteiger partial charge in [-0.05, 0) is 6.92 Å². The maximum absolute atomic E-state index is 10.8. The topological polar surface area (TPSA) is 26.3 Å². The van der Waals surface area contributed by atoms with Gasteiger partial charge in [-0.25, -0.2) is 0 Å². The minimum atomic E-state index is -0.0132. The van der Waals surface area contributed by atoms with E-state index in [0.717, 1.165) is 5.56 Å². The van der Waals surface area contributed by atoms with Gasteiger partial charge in [-0.15, -0.1) is 0 Å². The zero-order chi connectivity index (χ0) is 9.68. The number of hydrogen-bond acceptors (Lipinski definition) is 2. The molecule has 0 heterocycles. The van der Waals surface area contributed by atoms with E-state index in [0.29, 0.717) is 5.76 Å². The van der Waals surface area contributed by atoms with Gasteiger partial charge < -0.3 is 4.74 Å². The van der Waals surface area contributed by atoms with Crippen LogP contribution in [0.4, 0.5) is 0 Å². The maximum atomic E-state index is 10.8. The Morgan fingerprint density at radius 1 is 1.31 bits per heavy atom. The van der Waals surface area contributed by atoms with E-state index in [4.69, 9.17) is 4.74 Å². The second-order valence-corrected chi connectivity index (χ2v) is 2.69. The van der Waals surface area contributed by atoms with Gasteiger partial charge in [-0.2, -0.15) is 0 Å². The van der Waals surface area contributed by atoms with E-state index in [2.05, 4.69) is 0 Å². The number of hydrogen-bond donors (Lipinski definition) is 0. The molecule has 0 saturated carbocycles. The quantitative estimate of drug-likeness (QED) is 0.521. The Balaban J connectivity index is 2.98. The monoisotopic (exact) mass is 176 g/mol. The first kappa shape index (κ1) is 9.52. The molecular formula is C11H12O2. The fourth-order valence-corrected chi connectivity index (χ4v) is 1.05. The molecule has 0 aliphatic heterocycles. The van der Waals surface area contributed by atoms with Crippen LogP contribution in [0.25, 0.3) is 5.76 Å². The van der Waals surface area contributed by atoms with E-state index in [1.54, 1.807) is 7.11 Å². The predicted molar refractivity (Wildman–Crippen MR) is 52.1 cm³/mol. The lowest BCUT2D eigenvalue weighted by atomic mass is 10.1. The minimum absolute atomic E-state index is 0.0132. The summed E-state index contributed by atoms with van der Waals surface area (Å²) in [5.41, 5.74) is 0.917. The molecule has 0 bridgehead atoms. The van der Waals surface area contributed by atoms with Crippen molar-refractivity contribution in [1.82, 2.24) is 0 Å². The van der Waals surface area contributed by atoms with Crippen LogP contribution >= 0.6 is 0 Å². The molecule has 2 nitrogen and oxygen atoms in total. The molecule has 1 aromatic rings. The summed E-state index contributed by atoms with van der Waals surface area (Å²) in [5.74, 6) is 0.591. The SMILES string of the molecule is COC(=CC(C)=O)c1ccccc1. The molecule has 0 amide bonds. The summed E-state index contributed by atoms with van der Waals surface area (Å²) in [4.78, 5) is 10.8. The van der Waals surface area contributed by atoms with Crippen LogP contribution in [0.1, 0.15) is 12.5 Å². The molecule has 0 saturated heterocycles. The molecule has 0 aromatic heterocycles. The first-order valence-corrected chi connectivity index (χ1v) is 4.05. The summed E-state index contributed by atoms with van der Waals surface area (Å²) in [5, 5.41) is 0. The van der Waals surface area contributed by atoms with Gasteiger partial charge in [0.25, 0.3) is 0 Å². The van der Waals surface area contributed by atoms with Crippen LogP contribution in [-0.2, 0) is 9.53 Å². The van der Waals surface area contributed by atoms with Crippen LogP contribution in [0.3, 0.4) is 0 Å². The molecule has 0 radical (unpaired) electrons. The second kappa shape index (κ2) is 4.45. The number of ether oxygens (including phenoxy) is 1. The lowest BCUT2D eigenvalue weighted by Crippen LogP contribution is -1.91. The molecule has 1 rings (SSSR count). The van der Waals surface area contributed by atoms with Gasteiger partial charge in [0.15, 0.2) is 5.78 Å². The third-order valence-electron chi connectivity index (χ3n) is 1.61. The molecular weight excluding hydrogens is 164 g/mol. The summed E-state index contributed by atoms with van der Waals surface area (Å²) in [6, 6.07) is 9.53. The number of carbonyl (C=O) groups excluding carboxylic acids is 1. The van der Waals surface area contributed by atoms with Crippen LogP contribution < -0.4 is 0 Å². The summed E-state index contributed by atoms with van der Waals surface area (Å²) in [6.45, 7) is 1.50. The molecule has 0 unspecified atom stereocenters. The van der Waals surface area contributed by atoms with E-state index >= 15 is 0 Å². The normalized spacial score (nSPS) is 11.1. The van der Waals surface area contributed by atoms with Crippen molar-refractivity contribution in [1.29, 1.82) is 0 Å². The van der Waals surface area contributed by atoms with Gasteiger partial charge in [0.1, 0.15) is 5.76 Å². The number of carbonyl (C=O) groups is 1. The largest absolute Gasteiger partial charge is 0.496 e. The Bertz CT molecular complexity index is 312. The van der Waals surface area contributed by atoms with Crippen molar-refractivity contribution in [2.24, 2.45) is 0 Å². The van der Waals surface area contributed by atoms with Crippen molar-refractivity contribution in [2.45, 2.75) is 6.92 Å². The van der Waals surface area contributed by atoms with Crippen molar-refractivity contribution in [3.63, 3.8) is 0 Å². The molecule has 0 spiro atoms. The predicted octanol–water partition coefficient (Wildman–Crippen LogP) is 2.26. The highest BCUT2D eigenvalue weighted by molar-refractivity contribution is 5.93. The Labute approximate surface area is 77.8 Å². The van der Waals surface area contributed by atoms with Gasteiger partial charge in [-0.1, -0.05) is 30.3 Å². The average Bonchev–Trinajstić information content (AvgIpc) is 2.15. The van der Waals surface area contributed by atoms with E-state index in [9.17, 15) is 4.79 Å². The van der Waals surface area contributed by atoms with Crippen LogP contribution in [0, 0.1) is 0 Å². The molecule has 2 heteroatoms. The fourth-order valence-electron chi connectivity index (χ4n) is 1.05. The van der Waals surface area contributed by atoms with E-state index in [-0.39, 0.29) is 5.78 Å². The smallest absolute Gasteiger partial charge is 0.156 e. The van der Waals surface area contributed by atoms with Crippen LogP contribution in [0.15, 0.2) is 36.4 Å². The average molecular weight is 176 g/mol. The molecule has 0 atom stereocenters. The summed E-state index contributed by atoms with van der Waals surface area (Å²) < 4.78 is 5.09. The van der Waals surface area contributed by atoms with Crippen LogP contribution in [-0.4, -0.2) is 12.9 Å². The fraction of sp³-hybridized carbons (Fsp3) is 0.182. The standard InChI is InChI=1S/C11H12O2/c1-9(12)8-11(13-2)10-6-4-3-5-7-10/h3-8H,1-2H3. The van der Waals surface area contributed by atoms with Crippen molar-refractivity contribution in [2.75, 3.05) is 7.11 Å². The molecule has 0 aliphatic rings. The highest BCUT2D eigenvalue weighted by atomic mass is 16.5. The third-order valence-corrected chi connectivity index (χ3v) is 1.61. The van der Waals surface area contributed by atoms with Crippen LogP contribution in [0.2, 0.25) is 0 Å². The number of benzene rings is 1. The number of ketones is 1. The van der Waals surface area contributed by atoms with E-state index in [1.165, 1.54) is 13.0 Å². The number of methoxy groups -OCH3 is 1. The van der Waals surface area contributed by atoms with Gasteiger partial charge in [0.05, 0.1) is 7.11 Å². The summed E-state index contributed by atoms with van der Waals surface area (Å²) in [7, 11) is 1.56. The first-order chi connectivity index (χ1) is 6.24. The van der Waals surface area contributed by atoms with Crippen molar-refractivity contribution in [3.05, 3.63) is 42.0 Å². The van der Waals surface area contributed by atoms with Gasteiger partial charge >= 0.3 is 0 Å². The van der Waals surface area contributed by atoms with Crippen molar-refractivity contribution in [3.8, 4) is 0 Å². The molecule has 0 aliphatic carbocycles. The summed E-state index contributed by atoms with van der Waals surface area (Å²) in [6.07, 6.45) is 1.48. The minimum Gasteiger partial charge on any atom is -0.496 e. The highest BCUT2D eigenvalue weighted by Gasteiger charge is 2.00. The van der Waals surface area contributed by atoms with E-state index < -0.39 is 0 Å². The lowest BCUT2D eigenvalue weighted by Gasteiger charge is -2.04. The third kappa shape index (κ3) is 2.75. The van der Waals surface area contributed by atoms with Gasteiger partial charge in [-0.3, -0.25) is 4.79 Å². The van der Waals surface area contributed by atoms with E-state index in [1.807, 2.05) is 30.3 Å². The maximum Gasteiger partial charge on any atom is 0.156 e. The zero-order valence-electron chi connectivity index (χ0n) is 7.78. The molecule has 13 heavy (non-hydrogen) atoms. The zero-order valence-corrected chi connectivity index (χ0v) is 7.78. The van der Waals surface area contributed by atoms with Crippen molar-refractivity contribution < 1.29 is 9.53 Å². The molecule has 0 N–H and O–H groups in total. The molecule has 1 aromatic carbocycles. The lowest BCUT2D eigenvalue weighted by molar-refractivity contribution is -0.112. The Hall–Kier alpha value is -1.57. The molecule has 0 fully saturated rings. The summed E-state index contributed by atoms with van der Waals surface area (Å²) >= 11 is 0. The number of rotatable bonds is 3. The van der Waals surface area contributed by atoms with Crippen LogP contribution in [0.5, 0.6) is 0 Å². The van der Waals surface area contributed by atoms with Gasteiger partial charge in [0, 0.05) is 11.6 Å².